The van der Waals surface area contributed by atoms with Crippen molar-refractivity contribution in [3.05, 3.63) is 0 Å². The fourth-order valence-corrected chi connectivity index (χ4v) is 1.52. The van der Waals surface area contributed by atoms with E-state index in [4.69, 9.17) is 11.5 Å². The molecule has 0 rings (SSSR count). The highest BCUT2D eigenvalue weighted by atomic mass is 32.2. The van der Waals surface area contributed by atoms with Gasteiger partial charge in [0.2, 0.25) is 11.6 Å². The maximum atomic E-state index is 11.5. The minimum atomic E-state index is -0.724. The summed E-state index contributed by atoms with van der Waals surface area (Å²) in [6.45, 7) is 3.62. The summed E-state index contributed by atoms with van der Waals surface area (Å²) in [7, 11) is 0. The van der Waals surface area contributed by atoms with Crippen LogP contribution in [-0.2, 0) is 9.59 Å². The molecule has 0 aliphatic carbocycles. The lowest BCUT2D eigenvalue weighted by Gasteiger charge is -2.15. The van der Waals surface area contributed by atoms with Gasteiger partial charge in [-0.25, -0.2) is 0 Å². The van der Waals surface area contributed by atoms with Gasteiger partial charge < -0.3 is 11.5 Å². The summed E-state index contributed by atoms with van der Waals surface area (Å²) in [6.07, 6.45) is 2.45. The lowest BCUT2D eigenvalue weighted by Crippen LogP contribution is -2.46. The third kappa shape index (κ3) is 4.77. The number of ketones is 2. The first-order valence-electron chi connectivity index (χ1n) is 5.00. The van der Waals surface area contributed by atoms with Crippen LogP contribution in [0.25, 0.3) is 0 Å². The largest absolute Gasteiger partial charge is 0.321 e. The van der Waals surface area contributed by atoms with Gasteiger partial charge in [0, 0.05) is 0 Å². The van der Waals surface area contributed by atoms with E-state index in [9.17, 15) is 9.59 Å². The van der Waals surface area contributed by atoms with Crippen molar-refractivity contribution in [3.8, 4) is 0 Å². The van der Waals surface area contributed by atoms with Crippen LogP contribution < -0.4 is 11.5 Å². The Bertz CT molecular complexity index is 231. The Hall–Kier alpha value is -0.390. The zero-order valence-electron chi connectivity index (χ0n) is 9.53. The molecule has 0 saturated carbocycles. The van der Waals surface area contributed by atoms with Crippen LogP contribution in [0.3, 0.4) is 0 Å². The molecule has 0 saturated heterocycles. The summed E-state index contributed by atoms with van der Waals surface area (Å²) in [5.41, 5.74) is 11.2. The summed E-state index contributed by atoms with van der Waals surface area (Å²) in [6, 6.07) is -1.42. The molecule has 0 unspecified atom stereocenters. The minimum absolute atomic E-state index is 0.0331. The van der Waals surface area contributed by atoms with Crippen LogP contribution in [0.15, 0.2) is 0 Å². The Kier molecular flexibility index (Phi) is 6.80. The van der Waals surface area contributed by atoms with Gasteiger partial charge in [0.1, 0.15) is 0 Å². The van der Waals surface area contributed by atoms with E-state index in [2.05, 4.69) is 0 Å². The summed E-state index contributed by atoms with van der Waals surface area (Å²) in [5, 5.41) is 0. The highest BCUT2D eigenvalue weighted by Crippen LogP contribution is 2.05. The smallest absolute Gasteiger partial charge is 0.216 e. The summed E-state index contributed by atoms with van der Waals surface area (Å²) < 4.78 is 0. The maximum Gasteiger partial charge on any atom is 0.216 e. The first-order chi connectivity index (χ1) is 6.91. The van der Waals surface area contributed by atoms with E-state index >= 15 is 0 Å². The molecule has 2 atom stereocenters. The third-order valence-corrected chi connectivity index (χ3v) is 2.88. The number of carbonyl (C=O) groups is 2. The van der Waals surface area contributed by atoms with Crippen LogP contribution in [0.1, 0.15) is 20.3 Å². The molecular formula is C10H20N2O2S. The zero-order chi connectivity index (χ0) is 12.0. The molecule has 15 heavy (non-hydrogen) atoms. The van der Waals surface area contributed by atoms with Crippen molar-refractivity contribution < 1.29 is 9.59 Å². The second kappa shape index (κ2) is 6.98. The molecule has 0 fully saturated rings. The Morgan fingerprint density at radius 3 is 2.13 bits per heavy atom. The number of hydrogen-bond acceptors (Lipinski definition) is 5. The first-order valence-corrected chi connectivity index (χ1v) is 6.39. The fraction of sp³-hybridized carbons (Fsp3) is 0.800. The van der Waals surface area contributed by atoms with Crippen molar-refractivity contribution in [3.63, 3.8) is 0 Å². The van der Waals surface area contributed by atoms with Gasteiger partial charge in [0.05, 0.1) is 12.1 Å². The molecule has 0 heterocycles. The van der Waals surface area contributed by atoms with E-state index in [-0.39, 0.29) is 5.92 Å². The number of thioether (sulfide) groups is 1. The highest BCUT2D eigenvalue weighted by molar-refractivity contribution is 7.98. The quantitative estimate of drug-likeness (QED) is 0.612. The molecule has 88 valence electrons. The molecule has 0 aliphatic rings. The van der Waals surface area contributed by atoms with Crippen molar-refractivity contribution in [2.45, 2.75) is 32.4 Å². The van der Waals surface area contributed by atoms with Gasteiger partial charge >= 0.3 is 0 Å². The molecule has 5 heteroatoms. The van der Waals surface area contributed by atoms with E-state index in [0.29, 0.717) is 6.42 Å². The van der Waals surface area contributed by atoms with Gasteiger partial charge in [-0.1, -0.05) is 13.8 Å². The second-order valence-corrected chi connectivity index (χ2v) is 4.87. The summed E-state index contributed by atoms with van der Waals surface area (Å²) >= 11 is 1.60. The molecule has 0 aromatic rings. The molecule has 0 spiro atoms. The molecule has 0 radical (unpaired) electrons. The topological polar surface area (TPSA) is 86.2 Å². The zero-order valence-corrected chi connectivity index (χ0v) is 10.3. The van der Waals surface area contributed by atoms with Gasteiger partial charge in [-0.2, -0.15) is 11.8 Å². The van der Waals surface area contributed by atoms with E-state index in [0.717, 1.165) is 5.75 Å². The Labute approximate surface area is 95.1 Å². The molecular weight excluding hydrogens is 212 g/mol. The van der Waals surface area contributed by atoms with Gasteiger partial charge in [0.15, 0.2) is 0 Å². The Balaban J connectivity index is 4.25. The minimum Gasteiger partial charge on any atom is -0.321 e. The average Bonchev–Trinajstić information content (AvgIpc) is 2.22. The number of Topliss-reactive ketones (excluding diaryl/α,β-unsaturated/α-hetero) is 2. The fourth-order valence-electron chi connectivity index (χ4n) is 1.03. The van der Waals surface area contributed by atoms with Gasteiger partial charge in [-0.05, 0) is 24.3 Å². The van der Waals surface area contributed by atoms with Gasteiger partial charge in [-0.3, -0.25) is 9.59 Å². The summed E-state index contributed by atoms with van der Waals surface area (Å²) in [5.74, 6) is -0.338. The molecule has 0 aromatic heterocycles. The maximum absolute atomic E-state index is 11.5. The van der Waals surface area contributed by atoms with Crippen LogP contribution in [0.4, 0.5) is 0 Å². The van der Waals surface area contributed by atoms with Gasteiger partial charge in [-0.15, -0.1) is 0 Å². The van der Waals surface area contributed by atoms with Crippen molar-refractivity contribution >= 4 is 23.3 Å². The molecule has 0 aromatic carbocycles. The van der Waals surface area contributed by atoms with Crippen LogP contribution in [0.2, 0.25) is 0 Å². The van der Waals surface area contributed by atoms with E-state index in [1.54, 1.807) is 11.8 Å². The Morgan fingerprint density at radius 1 is 1.20 bits per heavy atom. The normalized spacial score (nSPS) is 15.1. The number of rotatable bonds is 7. The molecule has 4 N–H and O–H groups in total. The molecule has 0 bridgehead atoms. The van der Waals surface area contributed by atoms with Crippen molar-refractivity contribution in [2.24, 2.45) is 17.4 Å². The van der Waals surface area contributed by atoms with E-state index in [1.807, 2.05) is 20.1 Å². The number of nitrogens with two attached hydrogens (primary N) is 2. The van der Waals surface area contributed by atoms with Crippen LogP contribution >= 0.6 is 11.8 Å². The lowest BCUT2D eigenvalue weighted by atomic mass is 9.95. The van der Waals surface area contributed by atoms with Crippen LogP contribution in [-0.4, -0.2) is 35.7 Å². The molecule has 4 nitrogen and oxygen atoms in total. The Morgan fingerprint density at radius 2 is 1.73 bits per heavy atom. The predicted molar refractivity (Wildman–Crippen MR) is 63.8 cm³/mol. The first kappa shape index (κ1) is 14.6. The monoisotopic (exact) mass is 232 g/mol. The number of carbonyl (C=O) groups excluding carboxylic acids is 2. The van der Waals surface area contributed by atoms with E-state index < -0.39 is 23.7 Å². The molecule has 0 amide bonds. The van der Waals surface area contributed by atoms with Crippen molar-refractivity contribution in [2.75, 3.05) is 12.0 Å². The third-order valence-electron chi connectivity index (χ3n) is 2.23. The highest BCUT2D eigenvalue weighted by Gasteiger charge is 2.28. The van der Waals surface area contributed by atoms with Gasteiger partial charge in [0.25, 0.3) is 0 Å². The average molecular weight is 232 g/mol. The van der Waals surface area contributed by atoms with E-state index in [1.165, 1.54) is 0 Å². The number of hydrogen-bond donors (Lipinski definition) is 2. The predicted octanol–water partition coefficient (Wildman–Crippen LogP) is 0.188. The SMILES string of the molecule is CSCC[C@H](N)C(=O)C(=O)[C@@H](N)C(C)C. The van der Waals surface area contributed by atoms with Crippen molar-refractivity contribution in [1.82, 2.24) is 0 Å². The van der Waals surface area contributed by atoms with Crippen molar-refractivity contribution in [1.29, 1.82) is 0 Å². The summed E-state index contributed by atoms with van der Waals surface area (Å²) in [4.78, 5) is 23.1. The lowest BCUT2D eigenvalue weighted by molar-refractivity contribution is -0.138. The standard InChI is InChI=1S/C10H20N2O2S/c1-6(2)8(12)10(14)9(13)7(11)4-5-15-3/h6-8H,4-5,11-12H2,1-3H3/t7-,8-/m0/s1. The van der Waals surface area contributed by atoms with Crippen LogP contribution in [0, 0.1) is 5.92 Å². The molecule has 0 aliphatic heterocycles. The second-order valence-electron chi connectivity index (χ2n) is 3.89. The van der Waals surface area contributed by atoms with Crippen LogP contribution in [0.5, 0.6) is 0 Å².